The molecule has 6 nitrogen and oxygen atoms in total. The van der Waals surface area contributed by atoms with Gasteiger partial charge in [-0.15, -0.1) is 0 Å². The Kier molecular flexibility index (Phi) is 5.93. The van der Waals surface area contributed by atoms with E-state index in [1.165, 1.54) is 0 Å². The van der Waals surface area contributed by atoms with Crippen LogP contribution >= 0.6 is 0 Å². The van der Waals surface area contributed by atoms with Crippen molar-refractivity contribution in [2.45, 2.75) is 13.3 Å². The lowest BCUT2D eigenvalue weighted by atomic mass is 9.91. The van der Waals surface area contributed by atoms with Gasteiger partial charge in [0.25, 0.3) is 0 Å². The zero-order chi connectivity index (χ0) is 12.7. The van der Waals surface area contributed by atoms with Gasteiger partial charge in [-0.25, -0.2) is 0 Å². The topological polar surface area (TPSA) is 93.4 Å². The van der Waals surface area contributed by atoms with E-state index in [0.717, 1.165) is 19.5 Å². The number of hydrogen-bond acceptors (Lipinski definition) is 4. The predicted molar refractivity (Wildman–Crippen MR) is 63.2 cm³/mol. The third kappa shape index (κ3) is 5.65. The number of carbonyl (C=O) groups excluding carboxylic acids is 2. The minimum atomic E-state index is -0.498. The molecule has 0 spiro atoms. The number of ether oxygens (including phenoxy) is 1. The van der Waals surface area contributed by atoms with Crippen molar-refractivity contribution in [3.05, 3.63) is 0 Å². The highest BCUT2D eigenvalue weighted by Gasteiger charge is 2.24. The van der Waals surface area contributed by atoms with E-state index in [9.17, 15) is 9.59 Å². The second-order valence-electron chi connectivity index (χ2n) is 4.51. The third-order valence-corrected chi connectivity index (χ3v) is 2.73. The lowest BCUT2D eigenvalue weighted by Gasteiger charge is -2.26. The summed E-state index contributed by atoms with van der Waals surface area (Å²) < 4.78 is 4.95. The predicted octanol–water partition coefficient (Wildman–Crippen LogP) is -1.15. The first kappa shape index (κ1) is 13.9. The molecule has 2 atom stereocenters. The molecule has 0 radical (unpaired) electrons. The Morgan fingerprint density at radius 2 is 2.24 bits per heavy atom. The van der Waals surface area contributed by atoms with Crippen LogP contribution in [0.3, 0.4) is 0 Å². The van der Waals surface area contributed by atoms with E-state index < -0.39 is 5.91 Å². The van der Waals surface area contributed by atoms with E-state index in [1.54, 1.807) is 0 Å². The monoisotopic (exact) mass is 243 g/mol. The minimum absolute atomic E-state index is 0.0369. The van der Waals surface area contributed by atoms with Crippen molar-refractivity contribution in [3.63, 3.8) is 0 Å². The Morgan fingerprint density at radius 1 is 1.47 bits per heavy atom. The highest BCUT2D eigenvalue weighted by molar-refractivity contribution is 5.79. The van der Waals surface area contributed by atoms with E-state index in [0.29, 0.717) is 19.1 Å². The minimum Gasteiger partial charge on any atom is -0.370 e. The van der Waals surface area contributed by atoms with Crippen LogP contribution in [0.5, 0.6) is 0 Å². The Balaban J connectivity index is 2.10. The molecule has 6 heteroatoms. The summed E-state index contributed by atoms with van der Waals surface area (Å²) in [6.45, 7) is 4.46. The number of nitrogens with one attached hydrogen (secondary N) is 2. The molecule has 0 aromatic heterocycles. The maximum atomic E-state index is 11.7. The van der Waals surface area contributed by atoms with Crippen LogP contribution in [-0.4, -0.2) is 44.7 Å². The van der Waals surface area contributed by atoms with Crippen LogP contribution in [0.2, 0.25) is 0 Å². The summed E-state index contributed by atoms with van der Waals surface area (Å²) in [5.41, 5.74) is 4.91. The van der Waals surface area contributed by atoms with Gasteiger partial charge in [-0.2, -0.15) is 0 Å². The van der Waals surface area contributed by atoms with Gasteiger partial charge in [-0.05, 0) is 18.9 Å². The lowest BCUT2D eigenvalue weighted by Crippen LogP contribution is -2.44. The van der Waals surface area contributed by atoms with Gasteiger partial charge >= 0.3 is 0 Å². The summed E-state index contributed by atoms with van der Waals surface area (Å²) in [5, 5.41) is 6.02. The molecule has 2 amide bonds. The fourth-order valence-corrected chi connectivity index (χ4v) is 1.92. The van der Waals surface area contributed by atoms with Crippen molar-refractivity contribution in [2.75, 3.05) is 32.8 Å². The molecular weight excluding hydrogens is 222 g/mol. The molecule has 4 N–H and O–H groups in total. The first-order chi connectivity index (χ1) is 8.09. The summed E-state index contributed by atoms with van der Waals surface area (Å²) in [4.78, 5) is 22.1. The molecule has 1 aliphatic heterocycles. The number of nitrogens with two attached hydrogens (primary N) is 1. The van der Waals surface area contributed by atoms with Crippen LogP contribution in [0.25, 0.3) is 0 Å². The molecule has 0 aliphatic carbocycles. The van der Waals surface area contributed by atoms with Crippen molar-refractivity contribution in [2.24, 2.45) is 17.6 Å². The molecule has 0 saturated carbocycles. The number of primary amides is 1. The summed E-state index contributed by atoms with van der Waals surface area (Å²) in [6.07, 6.45) is 0.918. The van der Waals surface area contributed by atoms with Gasteiger partial charge in [-0.1, -0.05) is 6.92 Å². The standard InChI is InChI=1S/C11H21N3O3/c1-8-4-9(6-13-5-8)11(16)14-2-3-17-7-10(12)15/h8-9,13H,2-7H2,1H3,(H2,12,15)(H,14,16). The summed E-state index contributed by atoms with van der Waals surface area (Å²) in [6, 6.07) is 0. The molecule has 17 heavy (non-hydrogen) atoms. The van der Waals surface area contributed by atoms with Crippen LogP contribution in [0.1, 0.15) is 13.3 Å². The van der Waals surface area contributed by atoms with E-state index in [2.05, 4.69) is 17.6 Å². The van der Waals surface area contributed by atoms with Crippen molar-refractivity contribution >= 4 is 11.8 Å². The number of rotatable bonds is 6. The smallest absolute Gasteiger partial charge is 0.243 e. The van der Waals surface area contributed by atoms with Crippen LogP contribution < -0.4 is 16.4 Å². The second-order valence-corrected chi connectivity index (χ2v) is 4.51. The van der Waals surface area contributed by atoms with Gasteiger partial charge in [0.1, 0.15) is 6.61 Å². The van der Waals surface area contributed by atoms with E-state index in [-0.39, 0.29) is 18.4 Å². The molecule has 1 fully saturated rings. The first-order valence-electron chi connectivity index (χ1n) is 5.94. The lowest BCUT2D eigenvalue weighted by molar-refractivity contribution is -0.126. The number of hydrogen-bond donors (Lipinski definition) is 3. The third-order valence-electron chi connectivity index (χ3n) is 2.73. The van der Waals surface area contributed by atoms with Crippen LogP contribution in [-0.2, 0) is 14.3 Å². The molecule has 0 aromatic carbocycles. The molecule has 98 valence electrons. The van der Waals surface area contributed by atoms with Crippen molar-refractivity contribution in [3.8, 4) is 0 Å². The molecule has 1 heterocycles. The van der Waals surface area contributed by atoms with E-state index in [1.807, 2.05) is 0 Å². The van der Waals surface area contributed by atoms with Crippen LogP contribution in [0.4, 0.5) is 0 Å². The van der Waals surface area contributed by atoms with Crippen LogP contribution in [0.15, 0.2) is 0 Å². The average Bonchev–Trinajstić information content (AvgIpc) is 2.28. The highest BCUT2D eigenvalue weighted by atomic mass is 16.5. The highest BCUT2D eigenvalue weighted by Crippen LogP contribution is 2.15. The SMILES string of the molecule is CC1CNCC(C(=O)NCCOCC(N)=O)C1. The normalized spacial score (nSPS) is 24.3. The summed E-state index contributed by atoms with van der Waals surface area (Å²) in [7, 11) is 0. The molecule has 1 saturated heterocycles. The van der Waals surface area contributed by atoms with E-state index >= 15 is 0 Å². The molecule has 1 rings (SSSR count). The summed E-state index contributed by atoms with van der Waals surface area (Å²) >= 11 is 0. The second kappa shape index (κ2) is 7.24. The van der Waals surface area contributed by atoms with Gasteiger partial charge < -0.3 is 21.1 Å². The Morgan fingerprint density at radius 3 is 2.88 bits per heavy atom. The van der Waals surface area contributed by atoms with Gasteiger partial charge in [0.05, 0.1) is 12.5 Å². The zero-order valence-electron chi connectivity index (χ0n) is 10.2. The molecule has 1 aliphatic rings. The van der Waals surface area contributed by atoms with Gasteiger partial charge in [0.15, 0.2) is 0 Å². The number of amides is 2. The van der Waals surface area contributed by atoms with Crippen molar-refractivity contribution in [1.82, 2.24) is 10.6 Å². The van der Waals surface area contributed by atoms with Gasteiger partial charge in [-0.3, -0.25) is 9.59 Å². The zero-order valence-corrected chi connectivity index (χ0v) is 10.2. The van der Waals surface area contributed by atoms with Crippen LogP contribution in [0, 0.1) is 11.8 Å². The maximum Gasteiger partial charge on any atom is 0.243 e. The number of carbonyl (C=O) groups is 2. The molecular formula is C11H21N3O3. The maximum absolute atomic E-state index is 11.7. The quantitative estimate of drug-likeness (QED) is 0.514. The molecule has 2 unspecified atom stereocenters. The molecule has 0 bridgehead atoms. The first-order valence-corrected chi connectivity index (χ1v) is 5.94. The molecule has 0 aromatic rings. The van der Waals surface area contributed by atoms with Gasteiger partial charge in [0, 0.05) is 13.1 Å². The fraction of sp³-hybridized carbons (Fsp3) is 0.818. The fourth-order valence-electron chi connectivity index (χ4n) is 1.92. The Hall–Kier alpha value is -1.14. The summed E-state index contributed by atoms with van der Waals surface area (Å²) in [5.74, 6) is 0.119. The van der Waals surface area contributed by atoms with Crippen molar-refractivity contribution < 1.29 is 14.3 Å². The Labute approximate surface area is 101 Å². The average molecular weight is 243 g/mol. The Bertz CT molecular complexity index is 271. The van der Waals surface area contributed by atoms with E-state index in [4.69, 9.17) is 10.5 Å². The van der Waals surface area contributed by atoms with Gasteiger partial charge in [0.2, 0.25) is 11.8 Å². The number of piperidine rings is 1. The largest absolute Gasteiger partial charge is 0.370 e. The van der Waals surface area contributed by atoms with Crippen molar-refractivity contribution in [1.29, 1.82) is 0 Å².